The first-order valence-electron chi connectivity index (χ1n) is 10.7. The first-order chi connectivity index (χ1) is 16.5. The number of amides is 1. The third kappa shape index (κ3) is 4.10. The summed E-state index contributed by atoms with van der Waals surface area (Å²) in [5.74, 6) is 0.320. The second-order valence-corrected chi connectivity index (χ2v) is 10.9. The zero-order chi connectivity index (χ0) is 25.5. The summed E-state index contributed by atoms with van der Waals surface area (Å²) in [5, 5.41) is 0.148. The Labute approximate surface area is 201 Å². The monoisotopic (exact) mass is 503 g/mol. The standard InChI is InChI=1S/C23H23F2N5O4S/c1-4-7-34-19-11-27-20(12(2)28-19)22(31)29-13-5-6-16(25)15(8-13)23(3)18-9-14(21(26)30-23)17(10-24)35(18,32)33/h1,5-6,8,11,14,17-18H,7,9-10H2,2-3H3,(H2,26,30)(H,29,31)/t14?,17-,18+,23-/m1/s1. The number of fused-ring (bicyclic) bond motifs is 2. The summed E-state index contributed by atoms with van der Waals surface area (Å²) >= 11 is 0. The number of nitrogens with one attached hydrogen (secondary N) is 1. The van der Waals surface area contributed by atoms with E-state index in [2.05, 4.69) is 26.2 Å². The summed E-state index contributed by atoms with van der Waals surface area (Å²) in [5.41, 5.74) is 4.79. The van der Waals surface area contributed by atoms with Gasteiger partial charge in [0.05, 0.1) is 28.2 Å². The molecule has 3 N–H and O–H groups in total. The number of halogens is 2. The molecule has 0 spiro atoms. The largest absolute Gasteiger partial charge is 0.463 e. The van der Waals surface area contributed by atoms with Crippen molar-refractivity contribution in [2.45, 2.75) is 36.3 Å². The van der Waals surface area contributed by atoms with Crippen LogP contribution in [0.25, 0.3) is 0 Å². The molecule has 1 fully saturated rings. The number of aromatic nitrogens is 2. The number of aliphatic imine (C=N–C) groups is 1. The zero-order valence-electron chi connectivity index (χ0n) is 19.0. The number of rotatable bonds is 6. The van der Waals surface area contributed by atoms with Crippen LogP contribution < -0.4 is 15.8 Å². The van der Waals surface area contributed by atoms with E-state index in [9.17, 15) is 17.6 Å². The Morgan fingerprint density at radius 3 is 2.83 bits per heavy atom. The van der Waals surface area contributed by atoms with E-state index < -0.39 is 50.2 Å². The van der Waals surface area contributed by atoms with E-state index in [4.69, 9.17) is 16.9 Å². The van der Waals surface area contributed by atoms with Crippen LogP contribution >= 0.6 is 0 Å². The second-order valence-electron chi connectivity index (χ2n) is 8.58. The molecule has 2 bridgehead atoms. The smallest absolute Gasteiger partial charge is 0.276 e. The van der Waals surface area contributed by atoms with Crippen LogP contribution in [0.1, 0.15) is 35.1 Å². The van der Waals surface area contributed by atoms with Crippen molar-refractivity contribution < 1.29 is 26.7 Å². The van der Waals surface area contributed by atoms with Crippen molar-refractivity contribution in [1.82, 2.24) is 9.97 Å². The zero-order valence-corrected chi connectivity index (χ0v) is 19.8. The number of nitrogens with zero attached hydrogens (tertiary/aromatic N) is 3. The molecule has 0 aliphatic carbocycles. The number of terminal acetylenes is 1. The van der Waals surface area contributed by atoms with E-state index in [1.807, 2.05) is 0 Å². The predicted molar refractivity (Wildman–Crippen MR) is 125 cm³/mol. The Morgan fingerprint density at radius 2 is 2.17 bits per heavy atom. The number of benzene rings is 1. The maximum absolute atomic E-state index is 15.0. The van der Waals surface area contributed by atoms with Crippen LogP contribution in [0.5, 0.6) is 5.88 Å². The number of amidine groups is 1. The average Bonchev–Trinajstić information content (AvgIpc) is 3.06. The summed E-state index contributed by atoms with van der Waals surface area (Å²) in [7, 11) is -3.98. The van der Waals surface area contributed by atoms with Gasteiger partial charge in [-0.25, -0.2) is 27.2 Å². The minimum Gasteiger partial charge on any atom is -0.463 e. The lowest BCUT2D eigenvalue weighted by atomic mass is 9.80. The summed E-state index contributed by atoms with van der Waals surface area (Å²) in [6, 6.07) is 3.72. The van der Waals surface area contributed by atoms with Crippen molar-refractivity contribution in [1.29, 1.82) is 0 Å². The number of aryl methyl sites for hydroxylation is 1. The highest BCUT2D eigenvalue weighted by Crippen LogP contribution is 2.49. The van der Waals surface area contributed by atoms with Crippen molar-refractivity contribution in [3.63, 3.8) is 0 Å². The van der Waals surface area contributed by atoms with Gasteiger partial charge in [0.1, 0.15) is 23.7 Å². The highest BCUT2D eigenvalue weighted by molar-refractivity contribution is 7.93. The number of anilines is 1. The molecule has 12 heteroatoms. The van der Waals surface area contributed by atoms with Crippen molar-refractivity contribution in [2.75, 3.05) is 18.6 Å². The number of carbonyl (C=O) groups is 1. The number of hydrogen-bond donors (Lipinski definition) is 2. The summed E-state index contributed by atoms with van der Waals surface area (Å²) in [4.78, 5) is 25.3. The van der Waals surface area contributed by atoms with Crippen molar-refractivity contribution in [2.24, 2.45) is 16.6 Å². The molecular formula is C23H23F2N5O4S. The maximum atomic E-state index is 15.0. The molecule has 0 radical (unpaired) electrons. The normalized spacial score (nSPS) is 26.5. The van der Waals surface area contributed by atoms with Gasteiger partial charge >= 0.3 is 0 Å². The first kappa shape index (κ1) is 24.5. The second kappa shape index (κ2) is 8.88. The Bertz CT molecular complexity index is 1370. The van der Waals surface area contributed by atoms with Crippen LogP contribution in [0.4, 0.5) is 14.5 Å². The maximum Gasteiger partial charge on any atom is 0.276 e. The van der Waals surface area contributed by atoms with Crippen LogP contribution in [0.2, 0.25) is 0 Å². The summed E-state index contributed by atoms with van der Waals surface area (Å²) in [6.45, 7) is 1.91. The van der Waals surface area contributed by atoms with E-state index in [-0.39, 0.29) is 47.4 Å². The number of alkyl halides is 1. The fourth-order valence-corrected chi connectivity index (χ4v) is 7.32. The summed E-state index contributed by atoms with van der Waals surface area (Å²) < 4.78 is 59.8. The Kier molecular flexibility index (Phi) is 6.23. The van der Waals surface area contributed by atoms with Gasteiger partial charge in [-0.05, 0) is 38.5 Å². The van der Waals surface area contributed by atoms with Gasteiger partial charge in [-0.3, -0.25) is 9.79 Å². The van der Waals surface area contributed by atoms with Gasteiger partial charge in [-0.2, -0.15) is 0 Å². The molecule has 4 atom stereocenters. The van der Waals surface area contributed by atoms with Crippen LogP contribution in [-0.4, -0.2) is 53.9 Å². The fraction of sp³-hybridized carbons (Fsp3) is 0.391. The molecule has 0 saturated carbocycles. The van der Waals surface area contributed by atoms with Crippen molar-refractivity contribution >= 4 is 27.3 Å². The Morgan fingerprint density at radius 1 is 1.43 bits per heavy atom. The van der Waals surface area contributed by atoms with Gasteiger partial charge in [-0.1, -0.05) is 5.92 Å². The fourth-order valence-electron chi connectivity index (χ4n) is 4.72. The van der Waals surface area contributed by atoms with Gasteiger partial charge in [0.25, 0.3) is 5.91 Å². The molecule has 35 heavy (non-hydrogen) atoms. The quantitative estimate of drug-likeness (QED) is 0.575. The lowest BCUT2D eigenvalue weighted by Gasteiger charge is -2.35. The number of sulfone groups is 1. The molecule has 2 aliphatic heterocycles. The Balaban J connectivity index is 1.66. The number of ether oxygens (including phenoxy) is 1. The topological polar surface area (TPSA) is 137 Å². The van der Waals surface area contributed by atoms with Gasteiger partial charge < -0.3 is 15.8 Å². The molecule has 2 aliphatic rings. The average molecular weight is 504 g/mol. The third-order valence-electron chi connectivity index (χ3n) is 6.47. The van der Waals surface area contributed by atoms with Gasteiger partial charge in [-0.15, -0.1) is 6.42 Å². The molecule has 1 amide bonds. The molecule has 184 valence electrons. The molecule has 2 aromatic rings. The van der Waals surface area contributed by atoms with Crippen molar-refractivity contribution in [3.8, 4) is 18.2 Å². The molecule has 1 saturated heterocycles. The van der Waals surface area contributed by atoms with Gasteiger partial charge in [0.2, 0.25) is 5.88 Å². The lowest BCUT2D eigenvalue weighted by Crippen LogP contribution is -2.43. The van der Waals surface area contributed by atoms with Crippen LogP contribution in [0.3, 0.4) is 0 Å². The SMILES string of the molecule is C#CCOc1cnc(C(=O)Nc2ccc(F)c([C@@]3(C)N=C(N)C4C[C@@H]3S(=O)(=O)[C@@H]4CF)c2)c(C)n1. The number of carbonyl (C=O) groups excluding carboxylic acids is 1. The van der Waals surface area contributed by atoms with E-state index in [1.165, 1.54) is 25.3 Å². The van der Waals surface area contributed by atoms with Crippen molar-refractivity contribution in [3.05, 3.63) is 47.2 Å². The molecule has 4 rings (SSSR count). The minimum absolute atomic E-state index is 0.00192. The first-order valence-corrected chi connectivity index (χ1v) is 12.3. The van der Waals surface area contributed by atoms with E-state index in [0.29, 0.717) is 0 Å². The van der Waals surface area contributed by atoms with E-state index in [0.717, 1.165) is 6.07 Å². The van der Waals surface area contributed by atoms with Gasteiger partial charge in [0.15, 0.2) is 16.4 Å². The summed E-state index contributed by atoms with van der Waals surface area (Å²) in [6.07, 6.45) is 6.43. The number of nitrogens with two attached hydrogens (primary N) is 1. The molecule has 3 heterocycles. The molecule has 1 unspecified atom stereocenters. The predicted octanol–water partition coefficient (Wildman–Crippen LogP) is 1.92. The molecule has 1 aromatic carbocycles. The van der Waals surface area contributed by atoms with Crippen LogP contribution in [-0.2, 0) is 15.4 Å². The molecule has 9 nitrogen and oxygen atoms in total. The van der Waals surface area contributed by atoms with Gasteiger partial charge in [0, 0.05) is 17.2 Å². The number of hydrogen-bond acceptors (Lipinski definition) is 8. The molecule has 1 aromatic heterocycles. The highest BCUT2D eigenvalue weighted by Gasteiger charge is 2.60. The Hall–Kier alpha value is -3.59. The minimum atomic E-state index is -3.98. The van der Waals surface area contributed by atoms with Crippen LogP contribution in [0, 0.1) is 31.0 Å². The lowest BCUT2D eigenvalue weighted by molar-refractivity contribution is 0.102. The van der Waals surface area contributed by atoms with E-state index in [1.54, 1.807) is 6.92 Å². The molecular weight excluding hydrogens is 480 g/mol. The third-order valence-corrected chi connectivity index (χ3v) is 9.21. The van der Waals surface area contributed by atoms with Crippen LogP contribution in [0.15, 0.2) is 29.4 Å². The van der Waals surface area contributed by atoms with E-state index >= 15 is 4.39 Å². The highest BCUT2D eigenvalue weighted by atomic mass is 32.2.